The number of aromatic nitrogens is 6. The monoisotopic (exact) mass is 451 g/mol. The first-order valence-electron chi connectivity index (χ1n) is 8.78. The van der Waals surface area contributed by atoms with Gasteiger partial charge in [0.15, 0.2) is 17.3 Å². The summed E-state index contributed by atoms with van der Waals surface area (Å²) < 4.78 is 5.12. The Bertz CT molecular complexity index is 1350. The standard InChI is InChI=1S/C17H13N11O3S/c1-8-22-17(32-27-8)26-23-10-3-4-11(29)12(13(10)30)24-25-15-9(14(18)31)7-21-28(15)16-19-5-2-6-20-16/h2-7,29-30H,1H3,(H2,18,31)/b25-24+,26-23+. The van der Waals surface area contributed by atoms with Gasteiger partial charge >= 0.3 is 0 Å². The van der Waals surface area contributed by atoms with Crippen molar-refractivity contribution in [1.29, 1.82) is 0 Å². The number of amides is 1. The second-order valence-electron chi connectivity index (χ2n) is 6.03. The molecule has 14 nitrogen and oxygen atoms in total. The first-order valence-corrected chi connectivity index (χ1v) is 9.55. The van der Waals surface area contributed by atoms with Crippen LogP contribution in [0.3, 0.4) is 0 Å². The van der Waals surface area contributed by atoms with Crippen molar-refractivity contribution >= 4 is 39.8 Å². The zero-order valence-corrected chi connectivity index (χ0v) is 17.0. The molecule has 1 amide bonds. The number of aryl methyl sites for hydroxylation is 1. The molecule has 4 N–H and O–H groups in total. The van der Waals surface area contributed by atoms with E-state index in [1.54, 1.807) is 13.0 Å². The van der Waals surface area contributed by atoms with Gasteiger partial charge in [-0.15, -0.1) is 20.5 Å². The van der Waals surface area contributed by atoms with Gasteiger partial charge in [-0.05, 0) is 25.1 Å². The van der Waals surface area contributed by atoms with Gasteiger partial charge in [-0.1, -0.05) is 0 Å². The minimum atomic E-state index is -0.815. The van der Waals surface area contributed by atoms with E-state index in [1.807, 2.05) is 0 Å². The number of aromatic hydroxyl groups is 2. The molecule has 0 atom stereocenters. The highest BCUT2D eigenvalue weighted by molar-refractivity contribution is 7.09. The molecule has 0 saturated carbocycles. The molecule has 4 rings (SSSR count). The van der Waals surface area contributed by atoms with Crippen molar-refractivity contribution in [3.05, 3.63) is 48.2 Å². The zero-order valence-electron chi connectivity index (χ0n) is 16.2. The molecule has 15 heteroatoms. The molecule has 160 valence electrons. The lowest BCUT2D eigenvalue weighted by atomic mass is 10.2. The van der Waals surface area contributed by atoms with Gasteiger partial charge in [0.2, 0.25) is 5.13 Å². The smallest absolute Gasteiger partial charge is 0.254 e. The Labute approximate surface area is 183 Å². The van der Waals surface area contributed by atoms with Crippen LogP contribution in [0.5, 0.6) is 11.5 Å². The van der Waals surface area contributed by atoms with Crippen molar-refractivity contribution in [3.8, 4) is 17.4 Å². The number of phenols is 2. The number of primary amides is 1. The van der Waals surface area contributed by atoms with E-state index in [0.717, 1.165) is 16.2 Å². The molecule has 3 aromatic heterocycles. The number of benzene rings is 1. The first kappa shape index (κ1) is 20.6. The second-order valence-corrected chi connectivity index (χ2v) is 6.76. The van der Waals surface area contributed by atoms with E-state index >= 15 is 0 Å². The number of azo groups is 2. The van der Waals surface area contributed by atoms with Gasteiger partial charge in [0.1, 0.15) is 22.8 Å². The highest BCUT2D eigenvalue weighted by Gasteiger charge is 2.19. The van der Waals surface area contributed by atoms with Crippen LogP contribution in [0.4, 0.5) is 22.3 Å². The molecule has 32 heavy (non-hydrogen) atoms. The molecule has 0 bridgehead atoms. The van der Waals surface area contributed by atoms with Gasteiger partial charge in [0, 0.05) is 23.9 Å². The Kier molecular flexibility index (Phi) is 5.54. The van der Waals surface area contributed by atoms with E-state index in [-0.39, 0.29) is 39.6 Å². The van der Waals surface area contributed by atoms with Gasteiger partial charge in [-0.3, -0.25) is 4.79 Å². The largest absolute Gasteiger partial charge is 0.505 e. The molecule has 3 heterocycles. The molecular weight excluding hydrogens is 438 g/mol. The van der Waals surface area contributed by atoms with Gasteiger partial charge in [0.25, 0.3) is 11.9 Å². The minimum absolute atomic E-state index is 0.000344. The van der Waals surface area contributed by atoms with Crippen molar-refractivity contribution in [3.63, 3.8) is 0 Å². The highest BCUT2D eigenvalue weighted by atomic mass is 32.1. The van der Waals surface area contributed by atoms with E-state index in [1.165, 1.54) is 30.7 Å². The van der Waals surface area contributed by atoms with Crippen molar-refractivity contribution < 1.29 is 15.0 Å². The maximum Gasteiger partial charge on any atom is 0.254 e. The highest BCUT2D eigenvalue weighted by Crippen LogP contribution is 2.44. The van der Waals surface area contributed by atoms with E-state index < -0.39 is 11.7 Å². The van der Waals surface area contributed by atoms with E-state index in [0.29, 0.717) is 5.82 Å². The number of hydrogen-bond acceptors (Lipinski definition) is 13. The Morgan fingerprint density at radius 2 is 1.91 bits per heavy atom. The summed E-state index contributed by atoms with van der Waals surface area (Å²) in [7, 11) is 0. The summed E-state index contributed by atoms with van der Waals surface area (Å²) in [6.45, 7) is 1.71. The maximum absolute atomic E-state index is 11.8. The summed E-state index contributed by atoms with van der Waals surface area (Å²) in [6.07, 6.45) is 4.13. The fraction of sp³-hybridized carbons (Fsp3) is 0.0588. The number of nitrogens with zero attached hydrogens (tertiary/aromatic N) is 10. The summed E-state index contributed by atoms with van der Waals surface area (Å²) in [5, 5.41) is 40.6. The molecule has 0 aliphatic carbocycles. The van der Waals surface area contributed by atoms with Crippen LogP contribution in [0.25, 0.3) is 5.95 Å². The van der Waals surface area contributed by atoms with Crippen LogP contribution in [0.2, 0.25) is 0 Å². The minimum Gasteiger partial charge on any atom is -0.505 e. The van der Waals surface area contributed by atoms with E-state index in [9.17, 15) is 15.0 Å². The molecule has 0 unspecified atom stereocenters. The lowest BCUT2D eigenvalue weighted by molar-refractivity contribution is 0.100. The normalized spacial score (nSPS) is 11.5. The summed E-state index contributed by atoms with van der Waals surface area (Å²) in [5.41, 5.74) is 5.00. The molecule has 4 aromatic rings. The van der Waals surface area contributed by atoms with Gasteiger partial charge in [-0.25, -0.2) is 15.0 Å². The van der Waals surface area contributed by atoms with Crippen LogP contribution in [-0.2, 0) is 0 Å². The summed E-state index contributed by atoms with van der Waals surface area (Å²) in [6, 6.07) is 4.18. The van der Waals surface area contributed by atoms with Gasteiger partial charge in [-0.2, -0.15) is 14.2 Å². The predicted molar refractivity (Wildman–Crippen MR) is 110 cm³/mol. The van der Waals surface area contributed by atoms with Crippen molar-refractivity contribution in [2.45, 2.75) is 6.92 Å². The molecule has 0 saturated heterocycles. The van der Waals surface area contributed by atoms with Crippen LogP contribution in [0.1, 0.15) is 16.2 Å². The van der Waals surface area contributed by atoms with Crippen LogP contribution < -0.4 is 5.73 Å². The van der Waals surface area contributed by atoms with Crippen LogP contribution in [0.15, 0.2) is 57.2 Å². The third-order valence-electron chi connectivity index (χ3n) is 3.86. The van der Waals surface area contributed by atoms with Crippen LogP contribution in [0, 0.1) is 6.92 Å². The fourth-order valence-corrected chi connectivity index (χ4v) is 2.92. The zero-order chi connectivity index (χ0) is 22.7. The third kappa shape index (κ3) is 4.12. The average Bonchev–Trinajstić information content (AvgIpc) is 3.40. The van der Waals surface area contributed by atoms with Crippen LogP contribution in [-0.4, -0.2) is 45.2 Å². The lowest BCUT2D eigenvalue weighted by Gasteiger charge is -2.04. The molecule has 0 fully saturated rings. The predicted octanol–water partition coefficient (Wildman–Crippen LogP) is 3.16. The molecular formula is C17H13N11O3S. The van der Waals surface area contributed by atoms with E-state index in [4.69, 9.17) is 5.73 Å². The Morgan fingerprint density at radius 3 is 2.59 bits per heavy atom. The molecule has 0 aliphatic rings. The Morgan fingerprint density at radius 1 is 1.12 bits per heavy atom. The summed E-state index contributed by atoms with van der Waals surface area (Å²) >= 11 is 1.03. The Balaban J connectivity index is 1.73. The number of carbonyl (C=O) groups is 1. The summed E-state index contributed by atoms with van der Waals surface area (Å²) in [4.78, 5) is 23.9. The van der Waals surface area contributed by atoms with Crippen molar-refractivity contribution in [1.82, 2.24) is 29.1 Å². The van der Waals surface area contributed by atoms with Crippen molar-refractivity contribution in [2.75, 3.05) is 0 Å². The SMILES string of the molecule is Cc1nsc(/N=N/c2ccc(O)c(/N=N/c3c(C(N)=O)cnn3-c3ncccn3)c2O)n1. The lowest BCUT2D eigenvalue weighted by Crippen LogP contribution is -2.10. The molecule has 1 aromatic carbocycles. The Hall–Kier alpha value is -4.66. The molecule has 0 aliphatic heterocycles. The topological polar surface area (TPSA) is 202 Å². The first-order chi connectivity index (χ1) is 15.4. The number of nitrogens with two attached hydrogens (primary N) is 1. The maximum atomic E-state index is 11.8. The quantitative estimate of drug-likeness (QED) is 0.370. The van der Waals surface area contributed by atoms with E-state index in [2.05, 4.69) is 44.9 Å². The van der Waals surface area contributed by atoms with Crippen LogP contribution >= 0.6 is 11.5 Å². The molecule has 0 radical (unpaired) electrons. The fourth-order valence-electron chi connectivity index (χ4n) is 2.42. The number of carbonyl (C=O) groups excluding carboxylic acids is 1. The summed E-state index contributed by atoms with van der Waals surface area (Å²) in [5.74, 6) is -1.15. The average molecular weight is 451 g/mol. The number of rotatable bonds is 6. The van der Waals surface area contributed by atoms with Crippen molar-refractivity contribution in [2.24, 2.45) is 26.2 Å². The van der Waals surface area contributed by atoms with Gasteiger partial charge in [0.05, 0.1) is 6.20 Å². The van der Waals surface area contributed by atoms with Gasteiger partial charge < -0.3 is 15.9 Å². The number of phenolic OH excluding ortho intramolecular Hbond substituents is 2. The second kappa shape index (κ2) is 8.60. The number of hydrogen-bond donors (Lipinski definition) is 3. The third-order valence-corrected chi connectivity index (χ3v) is 4.56. The molecule has 0 spiro atoms.